The SMILES string of the molecule is CC[C@@H](C(=O)NC)N(Cc1ccc(Cl)cc1)C(=O)Cc1ccccc1F. The van der Waals surface area contributed by atoms with E-state index in [1.165, 1.54) is 18.0 Å². The summed E-state index contributed by atoms with van der Waals surface area (Å²) in [6.07, 6.45) is 0.351. The topological polar surface area (TPSA) is 49.4 Å². The normalized spacial score (nSPS) is 11.7. The molecule has 0 bridgehead atoms. The van der Waals surface area contributed by atoms with Crippen molar-refractivity contribution in [3.8, 4) is 0 Å². The van der Waals surface area contributed by atoms with Crippen LogP contribution in [0.4, 0.5) is 4.39 Å². The molecule has 0 fully saturated rings. The largest absolute Gasteiger partial charge is 0.357 e. The zero-order chi connectivity index (χ0) is 19.1. The molecule has 0 unspecified atom stereocenters. The summed E-state index contributed by atoms with van der Waals surface area (Å²) < 4.78 is 13.9. The van der Waals surface area contributed by atoms with Crippen LogP contribution < -0.4 is 5.32 Å². The standard InChI is InChI=1S/C20H22ClFN2O2/c1-3-18(20(26)23-2)24(13-14-8-10-16(21)11-9-14)19(25)12-15-6-4-5-7-17(15)22/h4-11,18H,3,12-13H2,1-2H3,(H,23,26)/t18-/m0/s1. The van der Waals surface area contributed by atoms with Gasteiger partial charge in [0.05, 0.1) is 6.42 Å². The van der Waals surface area contributed by atoms with Crippen LogP contribution in [-0.2, 0) is 22.6 Å². The average Bonchev–Trinajstić information content (AvgIpc) is 2.64. The summed E-state index contributed by atoms with van der Waals surface area (Å²) in [5.41, 5.74) is 1.16. The molecule has 2 amide bonds. The van der Waals surface area contributed by atoms with E-state index in [0.717, 1.165) is 5.56 Å². The van der Waals surface area contributed by atoms with Crippen molar-refractivity contribution >= 4 is 23.4 Å². The molecule has 1 atom stereocenters. The summed E-state index contributed by atoms with van der Waals surface area (Å²) in [5, 5.41) is 3.19. The molecule has 0 aliphatic carbocycles. The molecule has 0 saturated carbocycles. The second-order valence-electron chi connectivity index (χ2n) is 5.95. The Morgan fingerprint density at radius 2 is 1.81 bits per heavy atom. The average molecular weight is 377 g/mol. The number of halogens is 2. The van der Waals surface area contributed by atoms with Gasteiger partial charge in [0.1, 0.15) is 11.9 Å². The van der Waals surface area contributed by atoms with Crippen LogP contribution in [0.3, 0.4) is 0 Å². The van der Waals surface area contributed by atoms with Crippen molar-refractivity contribution in [2.75, 3.05) is 7.05 Å². The third kappa shape index (κ3) is 5.05. The quantitative estimate of drug-likeness (QED) is 0.803. The molecule has 2 aromatic carbocycles. The van der Waals surface area contributed by atoms with E-state index < -0.39 is 11.9 Å². The van der Waals surface area contributed by atoms with Crippen LogP contribution in [0.15, 0.2) is 48.5 Å². The van der Waals surface area contributed by atoms with Gasteiger partial charge in [-0.05, 0) is 35.7 Å². The van der Waals surface area contributed by atoms with Crippen molar-refractivity contribution in [3.05, 3.63) is 70.5 Å². The zero-order valence-corrected chi connectivity index (χ0v) is 15.6. The zero-order valence-electron chi connectivity index (χ0n) is 14.8. The van der Waals surface area contributed by atoms with E-state index in [9.17, 15) is 14.0 Å². The smallest absolute Gasteiger partial charge is 0.242 e. The molecular formula is C20H22ClFN2O2. The third-order valence-corrected chi connectivity index (χ3v) is 4.45. The highest BCUT2D eigenvalue weighted by Gasteiger charge is 2.28. The third-order valence-electron chi connectivity index (χ3n) is 4.20. The van der Waals surface area contributed by atoms with Gasteiger partial charge in [-0.1, -0.05) is 48.9 Å². The molecule has 4 nitrogen and oxygen atoms in total. The Labute approximate surface area is 158 Å². The number of carbonyl (C=O) groups excluding carboxylic acids is 2. The van der Waals surface area contributed by atoms with Crippen LogP contribution in [0.5, 0.6) is 0 Å². The minimum atomic E-state index is -0.630. The van der Waals surface area contributed by atoms with Gasteiger partial charge in [0.2, 0.25) is 11.8 Å². The number of hydrogen-bond acceptors (Lipinski definition) is 2. The number of nitrogens with one attached hydrogen (secondary N) is 1. The first-order chi connectivity index (χ1) is 12.5. The molecule has 138 valence electrons. The van der Waals surface area contributed by atoms with Gasteiger partial charge in [0, 0.05) is 18.6 Å². The Balaban J connectivity index is 2.29. The molecule has 2 aromatic rings. The van der Waals surface area contributed by atoms with Gasteiger partial charge in [-0.15, -0.1) is 0 Å². The minimum absolute atomic E-state index is 0.103. The Bertz CT molecular complexity index is 765. The maximum absolute atomic E-state index is 13.9. The van der Waals surface area contributed by atoms with Crippen LogP contribution >= 0.6 is 11.6 Å². The van der Waals surface area contributed by atoms with E-state index in [1.54, 1.807) is 30.3 Å². The van der Waals surface area contributed by atoms with Crippen LogP contribution in [0.2, 0.25) is 5.02 Å². The lowest BCUT2D eigenvalue weighted by atomic mass is 10.1. The lowest BCUT2D eigenvalue weighted by molar-refractivity contribution is -0.140. The first-order valence-electron chi connectivity index (χ1n) is 8.45. The van der Waals surface area contributed by atoms with Crippen molar-refractivity contribution in [3.63, 3.8) is 0 Å². The maximum atomic E-state index is 13.9. The molecule has 0 spiro atoms. The highest BCUT2D eigenvalue weighted by Crippen LogP contribution is 2.17. The van der Waals surface area contributed by atoms with E-state index in [-0.39, 0.29) is 24.8 Å². The molecule has 0 aliphatic rings. The number of hydrogen-bond donors (Lipinski definition) is 1. The Hall–Kier alpha value is -2.40. The number of nitrogens with zero attached hydrogens (tertiary/aromatic N) is 1. The summed E-state index contributed by atoms with van der Waals surface area (Å²) >= 11 is 5.91. The molecule has 0 aliphatic heterocycles. The maximum Gasteiger partial charge on any atom is 0.242 e. The Kier molecular flexibility index (Phi) is 7.16. The number of benzene rings is 2. The van der Waals surface area contributed by atoms with E-state index >= 15 is 0 Å². The highest BCUT2D eigenvalue weighted by atomic mass is 35.5. The monoisotopic (exact) mass is 376 g/mol. The van der Waals surface area contributed by atoms with Gasteiger partial charge in [-0.3, -0.25) is 9.59 Å². The number of rotatable bonds is 7. The highest BCUT2D eigenvalue weighted by molar-refractivity contribution is 6.30. The number of amides is 2. The van der Waals surface area contributed by atoms with Crippen LogP contribution in [0.25, 0.3) is 0 Å². The lowest BCUT2D eigenvalue weighted by Gasteiger charge is -2.30. The van der Waals surface area contributed by atoms with Crippen molar-refractivity contribution in [2.24, 2.45) is 0 Å². The van der Waals surface area contributed by atoms with Gasteiger partial charge in [0.15, 0.2) is 0 Å². The van der Waals surface area contributed by atoms with Crippen molar-refractivity contribution < 1.29 is 14.0 Å². The Morgan fingerprint density at radius 3 is 2.38 bits per heavy atom. The summed E-state index contributed by atoms with van der Waals surface area (Å²) in [6, 6.07) is 12.6. The Morgan fingerprint density at radius 1 is 1.15 bits per heavy atom. The molecule has 0 heterocycles. The minimum Gasteiger partial charge on any atom is -0.357 e. The van der Waals surface area contributed by atoms with Crippen molar-refractivity contribution in [2.45, 2.75) is 32.4 Å². The molecular weight excluding hydrogens is 355 g/mol. The van der Waals surface area contributed by atoms with Crippen molar-refractivity contribution in [1.82, 2.24) is 10.2 Å². The summed E-state index contributed by atoms with van der Waals surface area (Å²) in [6.45, 7) is 2.08. The van der Waals surface area contributed by atoms with E-state index in [1.807, 2.05) is 19.1 Å². The molecule has 2 rings (SSSR count). The van der Waals surface area contributed by atoms with Crippen LogP contribution in [0, 0.1) is 5.82 Å². The van der Waals surface area contributed by atoms with Crippen molar-refractivity contribution in [1.29, 1.82) is 0 Å². The van der Waals surface area contributed by atoms with Gasteiger partial charge in [-0.2, -0.15) is 0 Å². The fourth-order valence-corrected chi connectivity index (χ4v) is 2.90. The van der Waals surface area contributed by atoms with Crippen LogP contribution in [0.1, 0.15) is 24.5 Å². The fraction of sp³-hybridized carbons (Fsp3) is 0.300. The number of carbonyl (C=O) groups is 2. The predicted molar refractivity (Wildman–Crippen MR) is 100 cm³/mol. The predicted octanol–water partition coefficient (Wildman–Crippen LogP) is 3.58. The van der Waals surface area contributed by atoms with Gasteiger partial charge in [0.25, 0.3) is 0 Å². The van der Waals surface area contributed by atoms with Crippen LogP contribution in [-0.4, -0.2) is 29.8 Å². The van der Waals surface area contributed by atoms with Gasteiger partial charge >= 0.3 is 0 Å². The number of likely N-dealkylation sites (N-methyl/N-ethyl adjacent to an activating group) is 1. The first kappa shape index (κ1) is 19.9. The fourth-order valence-electron chi connectivity index (χ4n) is 2.78. The second kappa shape index (κ2) is 9.34. The summed E-state index contributed by atoms with van der Waals surface area (Å²) in [7, 11) is 1.53. The van der Waals surface area contributed by atoms with Gasteiger partial charge < -0.3 is 10.2 Å². The van der Waals surface area contributed by atoms with Gasteiger partial charge in [-0.25, -0.2) is 4.39 Å². The lowest BCUT2D eigenvalue weighted by Crippen LogP contribution is -2.48. The molecule has 0 aromatic heterocycles. The van der Waals surface area contributed by atoms with E-state index in [2.05, 4.69) is 5.32 Å². The van der Waals surface area contributed by atoms with E-state index in [0.29, 0.717) is 17.0 Å². The molecule has 0 radical (unpaired) electrons. The molecule has 6 heteroatoms. The molecule has 26 heavy (non-hydrogen) atoms. The van der Waals surface area contributed by atoms with E-state index in [4.69, 9.17) is 11.6 Å². The summed E-state index contributed by atoms with van der Waals surface area (Å²) in [5.74, 6) is -0.982. The molecule has 1 N–H and O–H groups in total. The molecule has 0 saturated heterocycles. The first-order valence-corrected chi connectivity index (χ1v) is 8.83. The summed E-state index contributed by atoms with van der Waals surface area (Å²) in [4.78, 5) is 26.7. The second-order valence-corrected chi connectivity index (χ2v) is 6.39.